The molecule has 0 heterocycles. The van der Waals surface area contributed by atoms with E-state index >= 15 is 0 Å². The Morgan fingerprint density at radius 2 is 2.08 bits per heavy atom. The van der Waals surface area contributed by atoms with E-state index in [9.17, 15) is 4.79 Å². The predicted molar refractivity (Wildman–Crippen MR) is 55.8 cm³/mol. The fourth-order valence-corrected chi connectivity index (χ4v) is 1.57. The average molecular weight is 237 g/mol. The van der Waals surface area contributed by atoms with Gasteiger partial charge in [0.2, 0.25) is 0 Å². The van der Waals surface area contributed by atoms with Crippen LogP contribution in [0.15, 0.2) is 18.2 Å². The molecule has 5 heteroatoms. The van der Waals surface area contributed by atoms with Crippen molar-refractivity contribution < 1.29 is 9.90 Å². The lowest BCUT2D eigenvalue weighted by molar-refractivity contribution is -0.136. The maximum atomic E-state index is 10.6. The van der Waals surface area contributed by atoms with Gasteiger partial charge in [0.25, 0.3) is 0 Å². The Morgan fingerprint density at radius 1 is 1.46 bits per heavy atom. The van der Waals surface area contributed by atoms with E-state index in [1.54, 1.807) is 18.2 Å². The molecule has 0 saturated carbocycles. The molecule has 0 amide bonds. The van der Waals surface area contributed by atoms with Crippen LogP contribution < -0.4 is 0 Å². The van der Waals surface area contributed by atoms with Crippen molar-refractivity contribution in [3.05, 3.63) is 33.8 Å². The van der Waals surface area contributed by atoms with Crippen molar-refractivity contribution in [1.82, 2.24) is 0 Å². The predicted octanol–water partition coefficient (Wildman–Crippen LogP) is 3.05. The summed E-state index contributed by atoms with van der Waals surface area (Å²) in [5.41, 5.74) is 0.407. The molecular weight excluding hydrogens is 231 g/mol. The molecule has 0 spiro atoms. The van der Waals surface area contributed by atoms with Gasteiger partial charge in [-0.3, -0.25) is 4.79 Å². The summed E-state index contributed by atoms with van der Waals surface area (Å²) in [6, 6.07) is 4.81. The molecule has 0 radical (unpaired) electrons. The summed E-state index contributed by atoms with van der Waals surface area (Å²) < 4.78 is 0. The van der Waals surface area contributed by atoms with Gasteiger partial charge < -0.3 is 5.11 Å². The van der Waals surface area contributed by atoms with Gasteiger partial charge >= 0.3 is 5.97 Å². The summed E-state index contributed by atoms with van der Waals surface area (Å²) in [6.45, 7) is 0. The zero-order valence-corrected chi connectivity index (χ0v) is 8.77. The molecule has 0 aliphatic carbocycles. The topological polar surface area (TPSA) is 37.3 Å². The Balaban J connectivity index is 3.15. The van der Waals surface area contributed by atoms with Crippen LogP contribution in [0.4, 0.5) is 0 Å². The zero-order valence-electron chi connectivity index (χ0n) is 6.37. The molecule has 1 aromatic carbocycles. The van der Waals surface area contributed by atoms with E-state index in [2.05, 4.69) is 12.6 Å². The molecule has 0 bridgehead atoms. The van der Waals surface area contributed by atoms with Crippen molar-refractivity contribution >= 4 is 41.8 Å². The van der Waals surface area contributed by atoms with E-state index in [0.717, 1.165) is 0 Å². The van der Waals surface area contributed by atoms with E-state index in [1.165, 1.54) is 0 Å². The number of benzene rings is 1. The molecule has 1 unspecified atom stereocenters. The van der Waals surface area contributed by atoms with Gasteiger partial charge in [0.1, 0.15) is 5.25 Å². The second-order valence-corrected chi connectivity index (χ2v) is 3.69. The van der Waals surface area contributed by atoms with Crippen LogP contribution in [0.1, 0.15) is 10.8 Å². The van der Waals surface area contributed by atoms with Crippen LogP contribution in [0.3, 0.4) is 0 Å². The normalized spacial score (nSPS) is 12.5. The summed E-state index contributed by atoms with van der Waals surface area (Å²) in [5, 5.41) is 8.31. The number of carbonyl (C=O) groups is 1. The van der Waals surface area contributed by atoms with E-state index in [4.69, 9.17) is 28.3 Å². The van der Waals surface area contributed by atoms with Crippen molar-refractivity contribution in [3.8, 4) is 0 Å². The van der Waals surface area contributed by atoms with E-state index in [-0.39, 0.29) is 5.02 Å². The van der Waals surface area contributed by atoms with Gasteiger partial charge in [0.15, 0.2) is 0 Å². The second-order valence-electron chi connectivity index (χ2n) is 2.38. The minimum absolute atomic E-state index is 0.242. The molecule has 1 N–H and O–H groups in total. The van der Waals surface area contributed by atoms with Crippen LogP contribution in [0.5, 0.6) is 0 Å². The van der Waals surface area contributed by atoms with Crippen LogP contribution in [0.25, 0.3) is 0 Å². The molecule has 0 aliphatic heterocycles. The molecule has 1 aromatic rings. The van der Waals surface area contributed by atoms with Crippen molar-refractivity contribution in [2.75, 3.05) is 0 Å². The molecule has 0 fully saturated rings. The first kappa shape index (κ1) is 10.7. The average Bonchev–Trinajstić information content (AvgIpc) is 2.08. The van der Waals surface area contributed by atoms with Gasteiger partial charge in [-0.15, -0.1) is 0 Å². The fourth-order valence-electron chi connectivity index (χ4n) is 0.865. The monoisotopic (exact) mass is 236 g/mol. The number of hydrogen-bond donors (Lipinski definition) is 2. The molecule has 13 heavy (non-hydrogen) atoms. The van der Waals surface area contributed by atoms with Crippen LogP contribution in [-0.4, -0.2) is 11.1 Å². The summed E-state index contributed by atoms with van der Waals surface area (Å²) >= 11 is 15.4. The molecule has 0 aliphatic rings. The Morgan fingerprint density at radius 3 is 2.62 bits per heavy atom. The van der Waals surface area contributed by atoms with E-state index < -0.39 is 11.2 Å². The highest BCUT2D eigenvalue weighted by Gasteiger charge is 2.18. The third-order valence-corrected chi connectivity index (χ3v) is 2.84. The zero-order chi connectivity index (χ0) is 10.0. The van der Waals surface area contributed by atoms with Crippen molar-refractivity contribution in [3.63, 3.8) is 0 Å². The van der Waals surface area contributed by atoms with Gasteiger partial charge in [0.05, 0.1) is 10.0 Å². The minimum atomic E-state index is -1.05. The standard InChI is InChI=1S/C8H6Cl2O2S/c9-5-3-1-2-4(6(5)10)7(13)8(11)12/h1-3,7,13H,(H,11,12). The summed E-state index contributed by atoms with van der Waals surface area (Å²) in [7, 11) is 0. The number of hydrogen-bond acceptors (Lipinski definition) is 2. The Labute approximate surface area is 90.9 Å². The number of rotatable bonds is 2. The lowest BCUT2D eigenvalue weighted by atomic mass is 10.1. The molecule has 0 aromatic heterocycles. The fraction of sp³-hybridized carbons (Fsp3) is 0.125. The van der Waals surface area contributed by atoms with Crippen molar-refractivity contribution in [2.45, 2.75) is 5.25 Å². The third kappa shape index (κ3) is 2.30. The molecule has 1 atom stereocenters. The Hall–Kier alpha value is -0.380. The quantitative estimate of drug-likeness (QED) is 0.775. The third-order valence-electron chi connectivity index (χ3n) is 1.51. The van der Waals surface area contributed by atoms with Gasteiger partial charge in [-0.05, 0) is 11.6 Å². The molecule has 0 saturated heterocycles. The summed E-state index contributed by atoms with van der Waals surface area (Å²) in [5.74, 6) is -1.05. The number of thiol groups is 1. The summed E-state index contributed by atoms with van der Waals surface area (Å²) in [4.78, 5) is 10.6. The number of halogens is 2. The van der Waals surface area contributed by atoms with Crippen LogP contribution in [0.2, 0.25) is 10.0 Å². The molecule has 70 valence electrons. The largest absolute Gasteiger partial charge is 0.480 e. The Bertz CT molecular complexity index is 341. The number of aliphatic carboxylic acids is 1. The second kappa shape index (κ2) is 4.22. The Kier molecular flexibility index (Phi) is 3.47. The molecule has 1 rings (SSSR count). The number of carboxylic acids is 1. The maximum Gasteiger partial charge on any atom is 0.320 e. The van der Waals surface area contributed by atoms with Crippen LogP contribution in [0, 0.1) is 0 Å². The van der Waals surface area contributed by atoms with Crippen molar-refractivity contribution in [1.29, 1.82) is 0 Å². The van der Waals surface area contributed by atoms with Crippen LogP contribution >= 0.6 is 35.8 Å². The molecular formula is C8H6Cl2O2S. The van der Waals surface area contributed by atoms with Gasteiger partial charge in [-0.25, -0.2) is 0 Å². The summed E-state index contributed by atoms with van der Waals surface area (Å²) in [6.07, 6.45) is 0. The smallest absolute Gasteiger partial charge is 0.320 e. The van der Waals surface area contributed by atoms with Gasteiger partial charge in [-0.2, -0.15) is 12.6 Å². The highest BCUT2D eigenvalue weighted by atomic mass is 35.5. The lowest BCUT2D eigenvalue weighted by Crippen LogP contribution is -2.05. The van der Waals surface area contributed by atoms with Gasteiger partial charge in [0, 0.05) is 0 Å². The van der Waals surface area contributed by atoms with Crippen LogP contribution in [-0.2, 0) is 4.79 Å². The first-order valence-electron chi connectivity index (χ1n) is 3.39. The van der Waals surface area contributed by atoms with E-state index in [0.29, 0.717) is 10.6 Å². The molecule has 2 nitrogen and oxygen atoms in total. The maximum absolute atomic E-state index is 10.6. The first-order valence-corrected chi connectivity index (χ1v) is 4.66. The SMILES string of the molecule is O=C(O)C(S)c1cccc(Cl)c1Cl. The highest BCUT2D eigenvalue weighted by Crippen LogP contribution is 2.32. The number of carboxylic acid groups (broad SMARTS) is 1. The first-order chi connectivity index (χ1) is 6.04. The lowest BCUT2D eigenvalue weighted by Gasteiger charge is -2.08. The van der Waals surface area contributed by atoms with Gasteiger partial charge in [-0.1, -0.05) is 35.3 Å². The highest BCUT2D eigenvalue weighted by molar-refractivity contribution is 7.81. The van der Waals surface area contributed by atoms with Crippen molar-refractivity contribution in [2.24, 2.45) is 0 Å². The van der Waals surface area contributed by atoms with E-state index in [1.807, 2.05) is 0 Å². The minimum Gasteiger partial charge on any atom is -0.480 e.